The van der Waals surface area contributed by atoms with Crippen LogP contribution in [0.1, 0.15) is 37.5 Å². The van der Waals surface area contributed by atoms with Crippen molar-refractivity contribution < 1.29 is 23.9 Å². The molecule has 158 valence electrons. The molecule has 1 amide bonds. The summed E-state index contributed by atoms with van der Waals surface area (Å²) in [7, 11) is 0. The van der Waals surface area contributed by atoms with Crippen molar-refractivity contribution in [3.63, 3.8) is 0 Å². The number of carbonyl (C=O) groups is 3. The highest BCUT2D eigenvalue weighted by Gasteiger charge is 2.18. The molecule has 0 radical (unpaired) electrons. The monoisotopic (exact) mass is 417 g/mol. The van der Waals surface area contributed by atoms with Gasteiger partial charge < -0.3 is 14.8 Å². The summed E-state index contributed by atoms with van der Waals surface area (Å²) in [6, 6.07) is 25.5. The molecule has 1 N–H and O–H groups in total. The van der Waals surface area contributed by atoms with E-state index in [2.05, 4.69) is 5.32 Å². The van der Waals surface area contributed by atoms with E-state index < -0.39 is 18.0 Å². The number of nitrogens with one attached hydrogen (secondary N) is 1. The number of esters is 2. The van der Waals surface area contributed by atoms with E-state index >= 15 is 0 Å². The summed E-state index contributed by atoms with van der Waals surface area (Å²) >= 11 is 0. The summed E-state index contributed by atoms with van der Waals surface area (Å²) in [5.74, 6) is -1.23. The van der Waals surface area contributed by atoms with Crippen LogP contribution in [0.2, 0.25) is 0 Å². The van der Waals surface area contributed by atoms with Gasteiger partial charge in [0.1, 0.15) is 6.61 Å². The van der Waals surface area contributed by atoms with Crippen LogP contribution < -0.4 is 5.32 Å². The van der Waals surface area contributed by atoms with Gasteiger partial charge in [0, 0.05) is 12.0 Å². The van der Waals surface area contributed by atoms with E-state index in [1.165, 1.54) is 0 Å². The Morgan fingerprint density at radius 3 is 1.61 bits per heavy atom. The van der Waals surface area contributed by atoms with Gasteiger partial charge in [-0.3, -0.25) is 4.79 Å². The zero-order valence-electron chi connectivity index (χ0n) is 16.9. The lowest BCUT2D eigenvalue weighted by Crippen LogP contribution is -2.39. The van der Waals surface area contributed by atoms with Gasteiger partial charge in [-0.1, -0.05) is 54.6 Å². The van der Waals surface area contributed by atoms with E-state index in [0.29, 0.717) is 23.1 Å². The lowest BCUT2D eigenvalue weighted by molar-refractivity contribution is 0.0383. The molecule has 1 unspecified atom stereocenters. The molecular formula is C25H23NO5. The van der Waals surface area contributed by atoms with Gasteiger partial charge in [0.2, 0.25) is 0 Å². The first-order valence-electron chi connectivity index (χ1n) is 9.94. The third-order valence-electron chi connectivity index (χ3n) is 4.51. The molecule has 0 saturated carbocycles. The first-order chi connectivity index (χ1) is 15.1. The van der Waals surface area contributed by atoms with E-state index in [9.17, 15) is 14.4 Å². The molecule has 6 heteroatoms. The number of hydrogen-bond acceptors (Lipinski definition) is 5. The Morgan fingerprint density at radius 2 is 1.10 bits per heavy atom. The van der Waals surface area contributed by atoms with Gasteiger partial charge in [0.05, 0.1) is 23.8 Å². The minimum absolute atomic E-state index is 0.0464. The first kappa shape index (κ1) is 21.8. The molecule has 1 atom stereocenters. The van der Waals surface area contributed by atoms with Crippen LogP contribution in [0.25, 0.3) is 0 Å². The van der Waals surface area contributed by atoms with Crippen molar-refractivity contribution in [1.82, 2.24) is 5.32 Å². The number of carbonyl (C=O) groups excluding carboxylic acids is 3. The Hall–Kier alpha value is -3.93. The fourth-order valence-corrected chi connectivity index (χ4v) is 2.84. The van der Waals surface area contributed by atoms with Crippen LogP contribution in [-0.4, -0.2) is 37.1 Å². The Balaban J connectivity index is 1.58. The van der Waals surface area contributed by atoms with E-state index in [1.54, 1.807) is 78.9 Å². The van der Waals surface area contributed by atoms with Gasteiger partial charge >= 0.3 is 11.9 Å². The molecule has 6 nitrogen and oxygen atoms in total. The van der Waals surface area contributed by atoms with Crippen molar-refractivity contribution in [2.24, 2.45) is 0 Å². The Kier molecular flexibility index (Phi) is 7.94. The summed E-state index contributed by atoms with van der Waals surface area (Å²) in [4.78, 5) is 36.9. The second-order valence-electron chi connectivity index (χ2n) is 6.79. The van der Waals surface area contributed by atoms with Crippen LogP contribution >= 0.6 is 0 Å². The van der Waals surface area contributed by atoms with Crippen molar-refractivity contribution in [3.8, 4) is 0 Å². The number of benzene rings is 3. The third-order valence-corrected chi connectivity index (χ3v) is 4.51. The van der Waals surface area contributed by atoms with Crippen molar-refractivity contribution in [2.45, 2.75) is 12.5 Å². The van der Waals surface area contributed by atoms with Gasteiger partial charge in [-0.25, -0.2) is 9.59 Å². The number of hydrogen-bond donors (Lipinski definition) is 1. The van der Waals surface area contributed by atoms with E-state index in [4.69, 9.17) is 9.47 Å². The van der Waals surface area contributed by atoms with E-state index in [-0.39, 0.29) is 19.1 Å². The van der Waals surface area contributed by atoms with Gasteiger partial charge in [-0.2, -0.15) is 0 Å². The first-order valence-corrected chi connectivity index (χ1v) is 9.94. The average Bonchev–Trinajstić information content (AvgIpc) is 2.83. The smallest absolute Gasteiger partial charge is 0.338 e. The normalized spacial score (nSPS) is 11.2. The maximum Gasteiger partial charge on any atom is 0.338 e. The van der Waals surface area contributed by atoms with Crippen molar-refractivity contribution >= 4 is 17.8 Å². The van der Waals surface area contributed by atoms with Gasteiger partial charge in [0.25, 0.3) is 5.91 Å². The standard InChI is InChI=1S/C25H23NO5/c27-23(19-10-4-1-5-11-19)26-22(18-31-25(29)21-14-8-3-9-15-21)16-17-30-24(28)20-12-6-2-7-13-20/h1-15,22H,16-18H2,(H,26,27). The lowest BCUT2D eigenvalue weighted by Gasteiger charge is -2.19. The molecule has 0 fully saturated rings. The summed E-state index contributed by atoms with van der Waals surface area (Å²) in [6.45, 7) is 0.0194. The maximum atomic E-state index is 12.5. The zero-order valence-corrected chi connectivity index (χ0v) is 16.9. The maximum absolute atomic E-state index is 12.5. The van der Waals surface area contributed by atoms with E-state index in [1.807, 2.05) is 12.1 Å². The molecule has 3 aromatic carbocycles. The molecule has 3 aromatic rings. The van der Waals surface area contributed by atoms with Gasteiger partial charge in [0.15, 0.2) is 0 Å². The molecule has 0 aromatic heterocycles. The fraction of sp³-hybridized carbons (Fsp3) is 0.160. The molecule has 0 aliphatic heterocycles. The van der Waals surface area contributed by atoms with Crippen LogP contribution in [-0.2, 0) is 9.47 Å². The minimum Gasteiger partial charge on any atom is -0.462 e. The Bertz CT molecular complexity index is 990. The Labute approximate surface area is 180 Å². The Morgan fingerprint density at radius 1 is 0.645 bits per heavy atom. The fourth-order valence-electron chi connectivity index (χ4n) is 2.84. The summed E-state index contributed by atoms with van der Waals surface area (Å²) < 4.78 is 10.7. The predicted molar refractivity (Wildman–Crippen MR) is 116 cm³/mol. The summed E-state index contributed by atoms with van der Waals surface area (Å²) in [6.07, 6.45) is 0.291. The summed E-state index contributed by atoms with van der Waals surface area (Å²) in [5, 5.41) is 2.85. The SMILES string of the molecule is O=C(NC(CCOC(=O)c1ccccc1)COC(=O)c1ccccc1)c1ccccc1. The van der Waals surface area contributed by atoms with Crippen LogP contribution in [0, 0.1) is 0 Å². The topological polar surface area (TPSA) is 81.7 Å². The highest BCUT2D eigenvalue weighted by atomic mass is 16.5. The van der Waals surface area contributed by atoms with E-state index in [0.717, 1.165) is 0 Å². The molecule has 0 saturated heterocycles. The summed E-state index contributed by atoms with van der Waals surface area (Å²) in [5.41, 5.74) is 1.36. The molecular weight excluding hydrogens is 394 g/mol. The molecule has 31 heavy (non-hydrogen) atoms. The number of rotatable bonds is 9. The molecule has 0 spiro atoms. The third kappa shape index (κ3) is 6.82. The lowest BCUT2D eigenvalue weighted by atomic mass is 10.1. The molecule has 0 aliphatic carbocycles. The van der Waals surface area contributed by atoms with Gasteiger partial charge in [-0.05, 0) is 36.4 Å². The van der Waals surface area contributed by atoms with Gasteiger partial charge in [-0.15, -0.1) is 0 Å². The average molecular weight is 417 g/mol. The largest absolute Gasteiger partial charge is 0.462 e. The second-order valence-corrected chi connectivity index (χ2v) is 6.79. The van der Waals surface area contributed by atoms with Crippen molar-refractivity contribution in [1.29, 1.82) is 0 Å². The molecule has 0 bridgehead atoms. The number of ether oxygens (including phenoxy) is 2. The quantitative estimate of drug-likeness (QED) is 0.534. The van der Waals surface area contributed by atoms with Crippen LogP contribution in [0.4, 0.5) is 0 Å². The highest BCUT2D eigenvalue weighted by Crippen LogP contribution is 2.07. The van der Waals surface area contributed by atoms with Crippen LogP contribution in [0.3, 0.4) is 0 Å². The zero-order chi connectivity index (χ0) is 21.9. The molecule has 0 heterocycles. The second kappa shape index (κ2) is 11.3. The van der Waals surface area contributed by atoms with Crippen molar-refractivity contribution in [3.05, 3.63) is 108 Å². The van der Waals surface area contributed by atoms with Crippen LogP contribution in [0.15, 0.2) is 91.0 Å². The van der Waals surface area contributed by atoms with Crippen molar-refractivity contribution in [2.75, 3.05) is 13.2 Å². The predicted octanol–water partition coefficient (Wildman–Crippen LogP) is 3.89. The highest BCUT2D eigenvalue weighted by molar-refractivity contribution is 5.94. The van der Waals surface area contributed by atoms with Crippen LogP contribution in [0.5, 0.6) is 0 Å². The number of amides is 1. The minimum atomic E-state index is -0.524. The molecule has 0 aliphatic rings. The molecule has 3 rings (SSSR count).